The zero-order valence-electron chi connectivity index (χ0n) is 10.5. The molecule has 0 aliphatic heterocycles. The van der Waals surface area contributed by atoms with Crippen molar-refractivity contribution in [2.45, 2.75) is 12.8 Å². The number of ketones is 1. The molecule has 2 rings (SSSR count). The Morgan fingerprint density at radius 2 is 1.84 bits per heavy atom. The Labute approximate surface area is 118 Å². The van der Waals surface area contributed by atoms with E-state index in [0.29, 0.717) is 17.2 Å². The van der Waals surface area contributed by atoms with E-state index in [9.17, 15) is 4.79 Å². The van der Waals surface area contributed by atoms with Crippen LogP contribution < -0.4 is 4.74 Å². The summed E-state index contributed by atoms with van der Waals surface area (Å²) in [5.74, 6) is 0.712. The second kappa shape index (κ2) is 6.95. The molecule has 0 heterocycles. The zero-order valence-corrected chi connectivity index (χ0v) is 11.3. The highest BCUT2D eigenvalue weighted by molar-refractivity contribution is 6.30. The van der Waals surface area contributed by atoms with E-state index in [1.165, 1.54) is 5.56 Å². The maximum Gasteiger partial charge on any atom is 0.170 e. The minimum absolute atomic E-state index is 0.0869. The summed E-state index contributed by atoms with van der Waals surface area (Å²) in [6.45, 7) is 0.0905. The van der Waals surface area contributed by atoms with E-state index in [4.69, 9.17) is 16.3 Å². The van der Waals surface area contributed by atoms with E-state index in [1.807, 2.05) is 30.3 Å². The molecule has 0 aliphatic carbocycles. The van der Waals surface area contributed by atoms with Gasteiger partial charge in [-0.2, -0.15) is 0 Å². The summed E-state index contributed by atoms with van der Waals surface area (Å²) in [6.07, 6.45) is 1.24. The number of aryl methyl sites for hydroxylation is 1. The fourth-order valence-electron chi connectivity index (χ4n) is 1.72. The molecular formula is C16H15ClO2. The summed E-state index contributed by atoms with van der Waals surface area (Å²) in [4.78, 5) is 11.7. The Morgan fingerprint density at radius 3 is 2.58 bits per heavy atom. The average Bonchev–Trinajstić information content (AvgIpc) is 2.44. The van der Waals surface area contributed by atoms with Gasteiger partial charge in [0.1, 0.15) is 12.4 Å². The predicted molar refractivity (Wildman–Crippen MR) is 76.7 cm³/mol. The molecule has 0 amide bonds. The van der Waals surface area contributed by atoms with Crippen LogP contribution in [0.5, 0.6) is 5.75 Å². The number of benzene rings is 2. The molecule has 0 spiro atoms. The summed E-state index contributed by atoms with van der Waals surface area (Å²) in [7, 11) is 0. The number of hydrogen-bond acceptors (Lipinski definition) is 2. The van der Waals surface area contributed by atoms with Crippen LogP contribution in [0.3, 0.4) is 0 Å². The Hall–Kier alpha value is -1.80. The maximum absolute atomic E-state index is 11.7. The van der Waals surface area contributed by atoms with Gasteiger partial charge in [0.25, 0.3) is 0 Å². The molecule has 0 bridgehead atoms. The molecule has 0 unspecified atom stereocenters. The Kier molecular flexibility index (Phi) is 4.99. The molecule has 0 aliphatic rings. The molecule has 0 saturated carbocycles. The highest BCUT2D eigenvalue weighted by Gasteiger charge is 2.04. The van der Waals surface area contributed by atoms with Gasteiger partial charge in [0.05, 0.1) is 0 Å². The lowest BCUT2D eigenvalue weighted by Crippen LogP contribution is -2.11. The maximum atomic E-state index is 11.7. The Bertz CT molecular complexity index is 537. The number of halogens is 1. The molecule has 0 fully saturated rings. The lowest BCUT2D eigenvalue weighted by atomic mass is 10.1. The van der Waals surface area contributed by atoms with Crippen molar-refractivity contribution in [3.8, 4) is 5.75 Å². The van der Waals surface area contributed by atoms with Crippen molar-refractivity contribution in [2.24, 2.45) is 0 Å². The largest absolute Gasteiger partial charge is 0.486 e. The van der Waals surface area contributed by atoms with Crippen molar-refractivity contribution < 1.29 is 9.53 Å². The van der Waals surface area contributed by atoms with E-state index in [0.717, 1.165) is 6.42 Å². The standard InChI is InChI=1S/C16H15ClO2/c17-14-7-4-8-16(11-14)19-12-15(18)10-9-13-5-2-1-3-6-13/h1-8,11H,9-10,12H2. The van der Waals surface area contributed by atoms with Gasteiger partial charge in [0, 0.05) is 11.4 Å². The van der Waals surface area contributed by atoms with Crippen LogP contribution in [0.2, 0.25) is 5.02 Å². The van der Waals surface area contributed by atoms with Crippen molar-refractivity contribution in [1.29, 1.82) is 0 Å². The smallest absolute Gasteiger partial charge is 0.170 e. The van der Waals surface area contributed by atoms with Crippen LogP contribution in [0, 0.1) is 0 Å². The number of rotatable bonds is 6. The molecule has 19 heavy (non-hydrogen) atoms. The monoisotopic (exact) mass is 274 g/mol. The molecule has 98 valence electrons. The molecule has 2 nitrogen and oxygen atoms in total. The van der Waals surface area contributed by atoms with Crippen LogP contribution in [0.1, 0.15) is 12.0 Å². The summed E-state index contributed by atoms with van der Waals surface area (Å²) in [5.41, 5.74) is 1.17. The van der Waals surface area contributed by atoms with E-state index in [1.54, 1.807) is 24.3 Å². The number of Topliss-reactive ketones (excluding diaryl/α,β-unsaturated/α-hetero) is 1. The van der Waals surface area contributed by atoms with E-state index in [2.05, 4.69) is 0 Å². The third-order valence-corrected chi connectivity index (χ3v) is 2.97. The van der Waals surface area contributed by atoms with Crippen LogP contribution in [0.4, 0.5) is 0 Å². The van der Waals surface area contributed by atoms with Gasteiger partial charge in [0.15, 0.2) is 5.78 Å². The summed E-state index contributed by atoms with van der Waals surface area (Å²) < 4.78 is 5.40. The van der Waals surface area contributed by atoms with Crippen LogP contribution in [0.15, 0.2) is 54.6 Å². The minimum atomic E-state index is 0.0869. The van der Waals surface area contributed by atoms with Crippen molar-refractivity contribution in [1.82, 2.24) is 0 Å². The number of carbonyl (C=O) groups excluding carboxylic acids is 1. The first kappa shape index (κ1) is 13.6. The molecule has 2 aromatic rings. The van der Waals surface area contributed by atoms with Gasteiger partial charge in [-0.15, -0.1) is 0 Å². The summed E-state index contributed by atoms with van der Waals surface area (Å²) >= 11 is 5.84. The fourth-order valence-corrected chi connectivity index (χ4v) is 1.90. The van der Waals surface area contributed by atoms with Crippen LogP contribution in [-0.4, -0.2) is 12.4 Å². The molecule has 0 atom stereocenters. The Morgan fingerprint density at radius 1 is 1.05 bits per heavy atom. The van der Waals surface area contributed by atoms with E-state index in [-0.39, 0.29) is 12.4 Å². The number of ether oxygens (including phenoxy) is 1. The van der Waals surface area contributed by atoms with Gasteiger partial charge >= 0.3 is 0 Å². The van der Waals surface area contributed by atoms with E-state index >= 15 is 0 Å². The molecule has 0 saturated heterocycles. The number of carbonyl (C=O) groups is 1. The third kappa shape index (κ3) is 4.76. The van der Waals surface area contributed by atoms with Crippen molar-refractivity contribution in [3.63, 3.8) is 0 Å². The van der Waals surface area contributed by atoms with E-state index < -0.39 is 0 Å². The summed E-state index contributed by atoms with van der Waals surface area (Å²) in [6, 6.07) is 17.0. The first-order valence-electron chi connectivity index (χ1n) is 6.18. The van der Waals surface area contributed by atoms with Gasteiger partial charge in [0.2, 0.25) is 0 Å². The highest BCUT2D eigenvalue weighted by Crippen LogP contribution is 2.17. The molecular weight excluding hydrogens is 260 g/mol. The lowest BCUT2D eigenvalue weighted by molar-refractivity contribution is -0.121. The first-order chi connectivity index (χ1) is 9.24. The SMILES string of the molecule is O=C(CCc1ccccc1)COc1cccc(Cl)c1. The third-order valence-electron chi connectivity index (χ3n) is 2.73. The molecule has 3 heteroatoms. The van der Waals surface area contributed by atoms with Gasteiger partial charge < -0.3 is 4.74 Å². The van der Waals surface area contributed by atoms with Crippen molar-refractivity contribution in [2.75, 3.05) is 6.61 Å². The van der Waals surface area contributed by atoms with Gasteiger partial charge in [-0.05, 0) is 30.2 Å². The molecule has 2 aromatic carbocycles. The van der Waals surface area contributed by atoms with Crippen LogP contribution in [0.25, 0.3) is 0 Å². The van der Waals surface area contributed by atoms with Gasteiger partial charge in [-0.1, -0.05) is 48.0 Å². The second-order valence-electron chi connectivity index (χ2n) is 4.27. The molecule has 0 N–H and O–H groups in total. The minimum Gasteiger partial charge on any atom is -0.486 e. The molecule has 0 radical (unpaired) electrons. The van der Waals surface area contributed by atoms with Gasteiger partial charge in [-0.25, -0.2) is 0 Å². The normalized spacial score (nSPS) is 10.2. The topological polar surface area (TPSA) is 26.3 Å². The Balaban J connectivity index is 1.76. The molecule has 0 aromatic heterocycles. The van der Waals surface area contributed by atoms with Crippen LogP contribution >= 0.6 is 11.6 Å². The zero-order chi connectivity index (χ0) is 13.5. The highest BCUT2D eigenvalue weighted by atomic mass is 35.5. The van der Waals surface area contributed by atoms with Crippen molar-refractivity contribution in [3.05, 3.63) is 65.2 Å². The quantitative estimate of drug-likeness (QED) is 0.798. The fraction of sp³-hybridized carbons (Fsp3) is 0.188. The van der Waals surface area contributed by atoms with Crippen molar-refractivity contribution >= 4 is 17.4 Å². The lowest BCUT2D eigenvalue weighted by Gasteiger charge is -2.05. The second-order valence-corrected chi connectivity index (χ2v) is 4.71. The van der Waals surface area contributed by atoms with Gasteiger partial charge in [-0.3, -0.25) is 4.79 Å². The predicted octanol–water partition coefficient (Wildman–Crippen LogP) is 3.92. The summed E-state index contributed by atoms with van der Waals surface area (Å²) in [5, 5.41) is 0.606. The van der Waals surface area contributed by atoms with Crippen LogP contribution in [-0.2, 0) is 11.2 Å². The number of hydrogen-bond donors (Lipinski definition) is 0. The first-order valence-corrected chi connectivity index (χ1v) is 6.56. The average molecular weight is 275 g/mol.